The molecule has 0 aromatic rings. The van der Waals surface area contributed by atoms with Crippen molar-refractivity contribution in [3.05, 3.63) is 0 Å². The number of hydrogen-bond donors (Lipinski definition) is 0. The SMILES string of the molecule is [Cl][Ti]([Cl])([Cl])[Cl].[LiH]. The van der Waals surface area contributed by atoms with Crippen LogP contribution in [0.1, 0.15) is 0 Å². The van der Waals surface area contributed by atoms with E-state index >= 15 is 0 Å². The topological polar surface area (TPSA) is 0 Å². The third-order valence-corrected chi connectivity index (χ3v) is 0. The molecule has 0 saturated heterocycles. The third-order valence-electron chi connectivity index (χ3n) is 0. The average Bonchev–Trinajstić information content (AvgIpc) is 0.722. The first kappa shape index (κ1) is 11.3. The number of hydrogen-bond acceptors (Lipinski definition) is 0. The Morgan fingerprint density at radius 1 is 0.833 bits per heavy atom. The molecule has 0 bridgehead atoms. The van der Waals surface area contributed by atoms with Crippen LogP contribution < -0.4 is 0 Å². The van der Waals surface area contributed by atoms with E-state index in [0.717, 1.165) is 0 Å². The maximum absolute atomic E-state index is 5.01. The van der Waals surface area contributed by atoms with E-state index in [-0.39, 0.29) is 18.9 Å². The molecule has 34 valence electrons. The Hall–Kier alpha value is 2.47. The Morgan fingerprint density at radius 3 is 0.833 bits per heavy atom. The molecule has 0 unspecified atom stereocenters. The standard InChI is InChI=1S/4ClH.Li.Ti.H/h4*1H;;;/q;;;;;+4;/p-4. The van der Waals surface area contributed by atoms with Crippen molar-refractivity contribution in [1.82, 2.24) is 0 Å². The maximum atomic E-state index is 5.01. The molecule has 0 amide bonds. The van der Waals surface area contributed by atoms with Crippen LogP contribution in [0.5, 0.6) is 0 Å². The van der Waals surface area contributed by atoms with Gasteiger partial charge in [0.05, 0.1) is 0 Å². The minimum atomic E-state index is -3.11. The summed E-state index contributed by atoms with van der Waals surface area (Å²) in [6, 6.07) is 0. The van der Waals surface area contributed by atoms with E-state index in [0.29, 0.717) is 0 Å². The van der Waals surface area contributed by atoms with E-state index in [2.05, 4.69) is 0 Å². The van der Waals surface area contributed by atoms with E-state index in [1.807, 2.05) is 0 Å². The van der Waals surface area contributed by atoms with Gasteiger partial charge in [-0.1, -0.05) is 0 Å². The van der Waals surface area contributed by atoms with Gasteiger partial charge in [0.1, 0.15) is 0 Å². The Morgan fingerprint density at radius 2 is 0.833 bits per heavy atom. The zero-order valence-corrected chi connectivity index (χ0v) is 6.60. The van der Waals surface area contributed by atoms with Crippen molar-refractivity contribution in [1.29, 1.82) is 0 Å². The molecule has 0 aliphatic heterocycles. The quantitative estimate of drug-likeness (QED) is 0.522. The molecule has 0 heterocycles. The molecule has 0 aromatic carbocycles. The molecule has 0 spiro atoms. The van der Waals surface area contributed by atoms with Crippen LogP contribution in [0.2, 0.25) is 0 Å². The molecule has 0 aliphatic rings. The van der Waals surface area contributed by atoms with Gasteiger partial charge in [-0.2, -0.15) is 0 Å². The second-order valence-electron chi connectivity index (χ2n) is 0.429. The fraction of sp³-hybridized carbons (Fsp3) is 0. The molecule has 0 rings (SSSR count). The van der Waals surface area contributed by atoms with Crippen molar-refractivity contribution in [2.45, 2.75) is 0 Å². The minimum absolute atomic E-state index is 0. The van der Waals surface area contributed by atoms with Crippen LogP contribution in [-0.4, -0.2) is 18.9 Å². The van der Waals surface area contributed by atoms with Crippen LogP contribution in [0.3, 0.4) is 0 Å². The molecule has 0 fully saturated rings. The second-order valence-corrected chi connectivity index (χ2v) is 15.9. The summed E-state index contributed by atoms with van der Waals surface area (Å²) in [5, 5.41) is 0. The van der Waals surface area contributed by atoms with Gasteiger partial charge >= 0.3 is 68.4 Å². The summed E-state index contributed by atoms with van der Waals surface area (Å²) >= 11 is -3.11. The fourth-order valence-corrected chi connectivity index (χ4v) is 0. The van der Waals surface area contributed by atoms with E-state index < -0.39 is 12.3 Å². The van der Waals surface area contributed by atoms with Crippen molar-refractivity contribution in [3.8, 4) is 0 Å². The van der Waals surface area contributed by atoms with E-state index in [1.165, 1.54) is 0 Å². The Labute approximate surface area is 67.5 Å². The van der Waals surface area contributed by atoms with Gasteiger partial charge in [-0.05, 0) is 0 Å². The Balaban J connectivity index is 0. The van der Waals surface area contributed by atoms with Gasteiger partial charge in [0, 0.05) is 0 Å². The van der Waals surface area contributed by atoms with Crippen molar-refractivity contribution in [2.24, 2.45) is 0 Å². The molecule has 0 N–H and O–H groups in total. The van der Waals surface area contributed by atoms with Gasteiger partial charge in [0.15, 0.2) is 0 Å². The third kappa shape index (κ3) is 31.7. The summed E-state index contributed by atoms with van der Waals surface area (Å²) in [6.07, 6.45) is 0. The molecule has 0 nitrogen and oxygen atoms in total. The van der Waals surface area contributed by atoms with Gasteiger partial charge in [-0.25, -0.2) is 0 Å². The van der Waals surface area contributed by atoms with Crippen molar-refractivity contribution < 1.29 is 12.3 Å². The molecule has 6 heavy (non-hydrogen) atoms. The van der Waals surface area contributed by atoms with Crippen molar-refractivity contribution in [3.63, 3.8) is 0 Å². The predicted octanol–water partition coefficient (Wildman–Crippen LogP) is 2.11. The molecule has 0 atom stereocenters. The summed E-state index contributed by atoms with van der Waals surface area (Å²) in [7, 11) is 20.1. The molecule has 0 saturated carbocycles. The number of halogens is 4. The molecule has 0 aliphatic carbocycles. The monoisotopic (exact) mass is 196 g/mol. The van der Waals surface area contributed by atoms with Crippen molar-refractivity contribution >= 4 is 56.1 Å². The average molecular weight is 198 g/mol. The summed E-state index contributed by atoms with van der Waals surface area (Å²) < 4.78 is 0. The number of rotatable bonds is 0. The van der Waals surface area contributed by atoms with Gasteiger partial charge in [-0.3, -0.25) is 0 Å². The molecule has 0 aromatic heterocycles. The zero-order valence-electron chi connectivity index (χ0n) is 2.01. The summed E-state index contributed by atoms with van der Waals surface area (Å²) in [5.74, 6) is 0. The van der Waals surface area contributed by atoms with Gasteiger partial charge in [0.2, 0.25) is 0 Å². The van der Waals surface area contributed by atoms with Gasteiger partial charge < -0.3 is 0 Å². The predicted molar refractivity (Wildman–Crippen MR) is 30.6 cm³/mol. The zero-order chi connectivity index (χ0) is 4.50. The summed E-state index contributed by atoms with van der Waals surface area (Å²) in [4.78, 5) is 0. The first-order chi connectivity index (χ1) is 2.00. The fourth-order valence-electron chi connectivity index (χ4n) is 0. The molecule has 6 heteroatoms. The molecule has 0 radical (unpaired) electrons. The van der Waals surface area contributed by atoms with Crippen LogP contribution >= 0.6 is 37.2 Å². The Kier molecular flexibility index (Phi) is 8.21. The molecular weight excluding hydrogens is 197 g/mol. The first-order valence-electron chi connectivity index (χ1n) is 0.756. The van der Waals surface area contributed by atoms with Crippen LogP contribution in [0.15, 0.2) is 0 Å². The normalized spacial score (nSPS) is 10.0. The molecular formula is HCl4LiTi. The van der Waals surface area contributed by atoms with Gasteiger partial charge in [0.25, 0.3) is 0 Å². The second kappa shape index (κ2) is 4.36. The van der Waals surface area contributed by atoms with E-state index in [1.54, 1.807) is 0 Å². The van der Waals surface area contributed by atoms with Crippen LogP contribution in [0, 0.1) is 0 Å². The van der Waals surface area contributed by atoms with E-state index in [9.17, 15) is 0 Å². The van der Waals surface area contributed by atoms with Crippen LogP contribution in [-0.2, 0) is 12.3 Å². The Bertz CT molecular complexity index is 23.0. The van der Waals surface area contributed by atoms with Crippen LogP contribution in [0.25, 0.3) is 0 Å². The van der Waals surface area contributed by atoms with Gasteiger partial charge in [-0.15, -0.1) is 0 Å². The summed E-state index contributed by atoms with van der Waals surface area (Å²) in [5.41, 5.74) is 0. The van der Waals surface area contributed by atoms with Crippen molar-refractivity contribution in [2.75, 3.05) is 0 Å². The first-order valence-corrected chi connectivity index (χ1v) is 9.35. The van der Waals surface area contributed by atoms with E-state index in [4.69, 9.17) is 37.2 Å². The van der Waals surface area contributed by atoms with Crippen LogP contribution in [0.4, 0.5) is 0 Å². The summed E-state index contributed by atoms with van der Waals surface area (Å²) in [6.45, 7) is 0.